The summed E-state index contributed by atoms with van der Waals surface area (Å²) in [6.07, 6.45) is 5.73. The van der Waals surface area contributed by atoms with Crippen LogP contribution in [0.3, 0.4) is 0 Å². The normalized spacial score (nSPS) is 14.9. The molecule has 3 aromatic rings. The summed E-state index contributed by atoms with van der Waals surface area (Å²) < 4.78 is 0. The molecule has 1 fully saturated rings. The van der Waals surface area contributed by atoms with Crippen molar-refractivity contribution in [3.63, 3.8) is 0 Å². The Bertz CT molecular complexity index is 989. The summed E-state index contributed by atoms with van der Waals surface area (Å²) in [6.45, 7) is 6.00. The number of carbonyl (C=O) groups is 1. The van der Waals surface area contributed by atoms with Crippen molar-refractivity contribution in [2.75, 3.05) is 18.0 Å². The van der Waals surface area contributed by atoms with Gasteiger partial charge in [-0.3, -0.25) is 0 Å². The van der Waals surface area contributed by atoms with Gasteiger partial charge in [0.2, 0.25) is 0 Å². The van der Waals surface area contributed by atoms with Crippen LogP contribution in [0.5, 0.6) is 0 Å². The topological polar surface area (TPSA) is 61.9 Å². The lowest BCUT2D eigenvalue weighted by molar-refractivity contribution is -0.114. The smallest absolute Gasteiger partial charge is 0.157 e. The van der Waals surface area contributed by atoms with E-state index in [1.807, 2.05) is 13.8 Å². The number of benzene rings is 1. The van der Waals surface area contributed by atoms with Gasteiger partial charge in [0.15, 0.2) is 5.65 Å². The van der Waals surface area contributed by atoms with Crippen LogP contribution in [0.1, 0.15) is 32.3 Å². The van der Waals surface area contributed by atoms with Crippen molar-refractivity contribution in [2.24, 2.45) is 5.41 Å². The van der Waals surface area contributed by atoms with Crippen LogP contribution >= 0.6 is 11.6 Å². The Morgan fingerprint density at radius 2 is 2.07 bits per heavy atom. The van der Waals surface area contributed by atoms with Crippen LogP contribution in [0.25, 0.3) is 22.4 Å². The van der Waals surface area contributed by atoms with Crippen LogP contribution in [0.4, 0.5) is 5.69 Å². The van der Waals surface area contributed by atoms with Gasteiger partial charge in [0.1, 0.15) is 17.0 Å². The van der Waals surface area contributed by atoms with E-state index in [0.29, 0.717) is 17.2 Å². The molecule has 0 aliphatic carbocycles. The zero-order valence-corrected chi connectivity index (χ0v) is 16.4. The van der Waals surface area contributed by atoms with E-state index in [9.17, 15) is 4.79 Å². The fourth-order valence-corrected chi connectivity index (χ4v) is 3.86. The molecule has 1 aromatic carbocycles. The molecule has 27 heavy (non-hydrogen) atoms. The first-order valence-corrected chi connectivity index (χ1v) is 9.69. The average Bonchev–Trinajstić information content (AvgIpc) is 3.30. The molecule has 0 radical (unpaired) electrons. The zero-order chi connectivity index (χ0) is 19.0. The maximum atomic E-state index is 11.4. The van der Waals surface area contributed by atoms with Crippen LogP contribution in [-0.4, -0.2) is 34.3 Å². The molecule has 0 saturated carbocycles. The second-order valence-electron chi connectivity index (χ2n) is 7.90. The number of anilines is 1. The minimum absolute atomic E-state index is 0.503. The third-order valence-corrected chi connectivity index (χ3v) is 5.44. The highest BCUT2D eigenvalue weighted by Gasteiger charge is 2.23. The summed E-state index contributed by atoms with van der Waals surface area (Å²) >= 11 is 6.38. The molecule has 1 aliphatic rings. The number of nitrogens with one attached hydrogen (secondary N) is 1. The number of aromatic nitrogens is 3. The summed E-state index contributed by atoms with van der Waals surface area (Å²) in [5, 5.41) is 0.503. The van der Waals surface area contributed by atoms with Gasteiger partial charge in [-0.05, 0) is 31.4 Å². The van der Waals surface area contributed by atoms with Crippen molar-refractivity contribution in [1.82, 2.24) is 15.0 Å². The minimum atomic E-state index is -0.508. The average molecular weight is 383 g/mol. The molecule has 0 unspecified atom stereocenters. The van der Waals surface area contributed by atoms with Crippen LogP contribution in [0.2, 0.25) is 5.15 Å². The van der Waals surface area contributed by atoms with Crippen molar-refractivity contribution in [3.8, 4) is 11.3 Å². The Kier molecular flexibility index (Phi) is 4.64. The summed E-state index contributed by atoms with van der Waals surface area (Å²) in [7, 11) is 0. The molecule has 5 nitrogen and oxygen atoms in total. The van der Waals surface area contributed by atoms with Gasteiger partial charge in [0, 0.05) is 35.3 Å². The van der Waals surface area contributed by atoms with Gasteiger partial charge in [0.25, 0.3) is 0 Å². The molecular formula is C21H23ClN4O. The molecule has 4 rings (SSSR count). The quantitative estimate of drug-likeness (QED) is 0.652. The number of hydrogen-bond acceptors (Lipinski definition) is 4. The van der Waals surface area contributed by atoms with Crippen LogP contribution in [0, 0.1) is 5.41 Å². The Balaban J connectivity index is 1.75. The highest BCUT2D eigenvalue weighted by atomic mass is 35.5. The molecule has 0 amide bonds. The molecule has 1 saturated heterocycles. The van der Waals surface area contributed by atoms with E-state index >= 15 is 0 Å². The van der Waals surface area contributed by atoms with Gasteiger partial charge in [-0.2, -0.15) is 0 Å². The first kappa shape index (κ1) is 18.0. The van der Waals surface area contributed by atoms with Crippen molar-refractivity contribution >= 4 is 34.7 Å². The summed E-state index contributed by atoms with van der Waals surface area (Å²) in [6, 6.07) is 8.44. The van der Waals surface area contributed by atoms with Gasteiger partial charge in [0.05, 0.1) is 11.9 Å². The number of aldehydes is 1. The molecule has 0 spiro atoms. The van der Waals surface area contributed by atoms with Crippen molar-refractivity contribution in [1.29, 1.82) is 0 Å². The van der Waals surface area contributed by atoms with E-state index in [-0.39, 0.29) is 0 Å². The fraction of sp³-hybridized carbons (Fsp3) is 0.381. The highest BCUT2D eigenvalue weighted by molar-refractivity contribution is 6.31. The number of halogens is 1. The number of hydrogen-bond donors (Lipinski definition) is 1. The van der Waals surface area contributed by atoms with E-state index in [4.69, 9.17) is 16.6 Å². The van der Waals surface area contributed by atoms with E-state index in [1.54, 1.807) is 6.20 Å². The van der Waals surface area contributed by atoms with Crippen LogP contribution in [0.15, 0.2) is 30.5 Å². The molecule has 2 aromatic heterocycles. The molecule has 0 bridgehead atoms. The lowest BCUT2D eigenvalue weighted by atomic mass is 9.88. The van der Waals surface area contributed by atoms with Gasteiger partial charge in [-0.15, -0.1) is 0 Å². The summed E-state index contributed by atoms with van der Waals surface area (Å²) in [5.41, 5.74) is 4.79. The second-order valence-corrected chi connectivity index (χ2v) is 8.28. The molecular weight excluding hydrogens is 360 g/mol. The Hall–Kier alpha value is -2.40. The molecule has 6 heteroatoms. The fourth-order valence-electron chi connectivity index (χ4n) is 3.61. The number of rotatable bonds is 5. The monoisotopic (exact) mass is 382 g/mol. The molecule has 1 N–H and O–H groups in total. The lowest BCUT2D eigenvalue weighted by Gasteiger charge is -2.18. The number of fused-ring (bicyclic) bond motifs is 1. The van der Waals surface area contributed by atoms with E-state index in [1.165, 1.54) is 18.5 Å². The van der Waals surface area contributed by atoms with Gasteiger partial charge in [-0.1, -0.05) is 37.6 Å². The maximum Gasteiger partial charge on any atom is 0.157 e. The third-order valence-electron chi connectivity index (χ3n) is 5.12. The Morgan fingerprint density at radius 3 is 2.81 bits per heavy atom. The van der Waals surface area contributed by atoms with Gasteiger partial charge >= 0.3 is 0 Å². The summed E-state index contributed by atoms with van der Waals surface area (Å²) in [5.74, 6) is 0. The first-order chi connectivity index (χ1) is 13.0. The highest BCUT2D eigenvalue weighted by Crippen LogP contribution is 2.32. The second kappa shape index (κ2) is 6.97. The SMILES string of the molecule is CC(C)(C=O)Cc1c(Cl)[nH]c2ncc(-c3cccc(N4CCCC4)c3)nc12. The van der Waals surface area contributed by atoms with Crippen molar-refractivity contribution in [3.05, 3.63) is 41.2 Å². The van der Waals surface area contributed by atoms with Gasteiger partial charge < -0.3 is 14.7 Å². The molecule has 0 atom stereocenters. The number of carbonyl (C=O) groups excluding carboxylic acids is 1. The Labute approximate surface area is 163 Å². The first-order valence-electron chi connectivity index (χ1n) is 9.32. The summed E-state index contributed by atoms with van der Waals surface area (Å²) in [4.78, 5) is 26.2. The predicted molar refractivity (Wildman–Crippen MR) is 109 cm³/mol. The Morgan fingerprint density at radius 1 is 1.30 bits per heavy atom. The van der Waals surface area contributed by atoms with E-state index < -0.39 is 5.41 Å². The maximum absolute atomic E-state index is 11.4. The lowest BCUT2D eigenvalue weighted by Crippen LogP contribution is -2.17. The van der Waals surface area contributed by atoms with Crippen LogP contribution < -0.4 is 4.90 Å². The van der Waals surface area contributed by atoms with E-state index in [0.717, 1.165) is 41.7 Å². The predicted octanol–water partition coefficient (Wildman–Crippen LogP) is 4.65. The largest absolute Gasteiger partial charge is 0.372 e. The molecule has 140 valence electrons. The minimum Gasteiger partial charge on any atom is -0.372 e. The number of H-pyrrole nitrogens is 1. The van der Waals surface area contributed by atoms with Gasteiger partial charge in [-0.25, -0.2) is 9.97 Å². The number of nitrogens with zero attached hydrogens (tertiary/aromatic N) is 3. The van der Waals surface area contributed by atoms with Crippen molar-refractivity contribution < 1.29 is 4.79 Å². The van der Waals surface area contributed by atoms with E-state index in [2.05, 4.69) is 39.1 Å². The third kappa shape index (κ3) is 3.56. The molecule has 3 heterocycles. The van der Waals surface area contributed by atoms with Crippen molar-refractivity contribution in [2.45, 2.75) is 33.1 Å². The standard InChI is InChI=1S/C21H23ClN4O/c1-21(2,13-27)11-16-18-20(25-19(16)22)23-12-17(24-18)14-6-5-7-15(10-14)26-8-3-4-9-26/h5-7,10,12-13H,3-4,8-9,11H2,1-2H3,(H,23,25). The molecule has 1 aliphatic heterocycles. The van der Waals surface area contributed by atoms with Crippen LogP contribution in [-0.2, 0) is 11.2 Å². The number of aromatic amines is 1. The zero-order valence-electron chi connectivity index (χ0n) is 15.6.